The third-order valence-corrected chi connectivity index (χ3v) is 8.17. The molecule has 0 spiro atoms. The summed E-state index contributed by atoms with van der Waals surface area (Å²) in [4.78, 5) is 34.7. The molecule has 5 heterocycles. The Kier molecular flexibility index (Phi) is 6.80. The van der Waals surface area contributed by atoms with Crippen molar-refractivity contribution in [2.75, 3.05) is 61.8 Å². The van der Waals surface area contributed by atoms with Crippen LogP contribution in [-0.2, 0) is 13.0 Å². The van der Waals surface area contributed by atoms with Gasteiger partial charge in [-0.15, -0.1) is 0 Å². The minimum Gasteiger partial charge on any atom is -0.368 e. The Hall–Kier alpha value is -3.79. The van der Waals surface area contributed by atoms with Crippen molar-refractivity contribution in [3.63, 3.8) is 0 Å². The molecule has 1 amide bonds. The van der Waals surface area contributed by atoms with Gasteiger partial charge in [0.05, 0.1) is 6.54 Å². The number of likely N-dealkylation sites (N-methyl/N-ethyl adjacent to an activating group) is 1. The average Bonchev–Trinajstić information content (AvgIpc) is 3.38. The summed E-state index contributed by atoms with van der Waals surface area (Å²) >= 11 is 0. The minimum absolute atomic E-state index is 0.150. The molecular formula is C29H35FN8O. The molecule has 2 aromatic heterocycles. The molecule has 2 saturated heterocycles. The maximum absolute atomic E-state index is 13.5. The maximum atomic E-state index is 13.5. The lowest BCUT2D eigenvalue weighted by Crippen LogP contribution is -2.45. The van der Waals surface area contributed by atoms with Crippen molar-refractivity contribution in [3.05, 3.63) is 59.4 Å². The van der Waals surface area contributed by atoms with Gasteiger partial charge in [-0.05, 0) is 55.6 Å². The van der Waals surface area contributed by atoms with E-state index in [1.54, 1.807) is 12.3 Å². The largest absolute Gasteiger partial charge is 0.368 e. The third kappa shape index (κ3) is 5.25. The predicted octanol–water partition coefficient (Wildman–Crippen LogP) is 3.01. The summed E-state index contributed by atoms with van der Waals surface area (Å²) < 4.78 is 13.5. The molecule has 3 aromatic rings. The molecule has 2 fully saturated rings. The van der Waals surface area contributed by atoms with Crippen LogP contribution in [0.4, 0.5) is 22.0 Å². The number of nitrogens with zero attached hydrogens (tertiary/aromatic N) is 7. The molecule has 10 heteroatoms. The number of halogens is 1. The van der Waals surface area contributed by atoms with Crippen molar-refractivity contribution in [2.24, 2.45) is 0 Å². The predicted molar refractivity (Wildman–Crippen MR) is 151 cm³/mol. The lowest BCUT2D eigenvalue weighted by Gasteiger charge is -2.37. The molecule has 2 N–H and O–H groups in total. The van der Waals surface area contributed by atoms with Gasteiger partial charge in [0.15, 0.2) is 0 Å². The average molecular weight is 531 g/mol. The first-order valence-corrected chi connectivity index (χ1v) is 13.7. The lowest BCUT2D eigenvalue weighted by molar-refractivity contribution is 0.0777. The van der Waals surface area contributed by atoms with Crippen molar-refractivity contribution < 1.29 is 9.18 Å². The summed E-state index contributed by atoms with van der Waals surface area (Å²) in [5.74, 6) is 1.82. The molecule has 3 aliphatic heterocycles. The molecule has 204 valence electrons. The van der Waals surface area contributed by atoms with Gasteiger partial charge in [0.2, 0.25) is 5.95 Å². The number of anilines is 3. The monoisotopic (exact) mass is 530 g/mol. The first kappa shape index (κ1) is 25.5. The van der Waals surface area contributed by atoms with Crippen molar-refractivity contribution in [1.82, 2.24) is 24.8 Å². The van der Waals surface area contributed by atoms with Crippen molar-refractivity contribution in [3.8, 4) is 11.1 Å². The van der Waals surface area contributed by atoms with E-state index >= 15 is 0 Å². The van der Waals surface area contributed by atoms with E-state index in [2.05, 4.69) is 67.9 Å². The van der Waals surface area contributed by atoms with Crippen molar-refractivity contribution >= 4 is 23.5 Å². The quantitative estimate of drug-likeness (QED) is 0.550. The summed E-state index contributed by atoms with van der Waals surface area (Å²) in [7, 11) is 2.14. The van der Waals surface area contributed by atoms with E-state index < -0.39 is 6.17 Å². The second-order valence-corrected chi connectivity index (χ2v) is 11.0. The number of hydrogen-bond acceptors (Lipinski definition) is 8. The zero-order valence-corrected chi connectivity index (χ0v) is 22.6. The molecule has 0 aliphatic carbocycles. The zero-order chi connectivity index (χ0) is 27.1. The number of hydrogen-bond donors (Lipinski definition) is 1. The van der Waals surface area contributed by atoms with Gasteiger partial charge in [0.25, 0.3) is 5.91 Å². The van der Waals surface area contributed by atoms with Gasteiger partial charge in [0, 0.05) is 63.1 Å². The number of nitrogen functional groups attached to an aromatic ring is 1. The Labute approximate surface area is 228 Å². The van der Waals surface area contributed by atoms with Gasteiger partial charge >= 0.3 is 0 Å². The summed E-state index contributed by atoms with van der Waals surface area (Å²) in [5, 5.41) is 0. The summed E-state index contributed by atoms with van der Waals surface area (Å²) in [6.45, 7) is 7.35. The van der Waals surface area contributed by atoms with Crippen LogP contribution in [0, 0.1) is 0 Å². The molecule has 1 aromatic carbocycles. The fourth-order valence-corrected chi connectivity index (χ4v) is 5.77. The Morgan fingerprint density at radius 3 is 2.46 bits per heavy atom. The standard InChI is InChI=1S/C29H35FN8O/c1-19-13-20-3-4-21(22-5-6-25(32-16-22)28(39)37-8-7-24(30)18-37)14-23(20)17-38(19)27-15-26(33-29(31)34-27)36-11-9-35(2)10-12-36/h3-6,14-16,19,24H,7-13,17-18H2,1-2H3,(H2,31,33,34)/t19?,24-/m0/s1. The molecular weight excluding hydrogens is 495 g/mol. The van der Waals surface area contributed by atoms with E-state index in [0.717, 1.165) is 55.4 Å². The van der Waals surface area contributed by atoms with Gasteiger partial charge < -0.3 is 25.3 Å². The molecule has 0 radical (unpaired) electrons. The van der Waals surface area contributed by atoms with Gasteiger partial charge in [-0.3, -0.25) is 9.78 Å². The molecule has 0 saturated carbocycles. The highest BCUT2D eigenvalue weighted by Gasteiger charge is 2.28. The fraction of sp³-hybridized carbons (Fsp3) is 0.448. The number of piperazine rings is 1. The van der Waals surface area contributed by atoms with E-state index in [0.29, 0.717) is 31.2 Å². The highest BCUT2D eigenvalue weighted by molar-refractivity contribution is 5.92. The number of carbonyl (C=O) groups excluding carboxylic acids is 1. The minimum atomic E-state index is -0.942. The number of benzene rings is 1. The van der Waals surface area contributed by atoms with E-state index in [1.807, 2.05) is 6.07 Å². The van der Waals surface area contributed by atoms with Crippen LogP contribution in [0.25, 0.3) is 11.1 Å². The number of pyridine rings is 1. The summed E-state index contributed by atoms with van der Waals surface area (Å²) in [5.41, 5.74) is 11.1. The number of nitrogens with two attached hydrogens (primary N) is 1. The Morgan fingerprint density at radius 1 is 0.974 bits per heavy atom. The Balaban J connectivity index is 1.22. The molecule has 0 bridgehead atoms. The number of fused-ring (bicyclic) bond motifs is 1. The maximum Gasteiger partial charge on any atom is 0.272 e. The number of amides is 1. The summed E-state index contributed by atoms with van der Waals surface area (Å²) in [6, 6.07) is 12.5. The summed E-state index contributed by atoms with van der Waals surface area (Å²) in [6.07, 6.45) is 2.09. The number of rotatable bonds is 4. The van der Waals surface area contributed by atoms with Crippen LogP contribution >= 0.6 is 0 Å². The molecule has 9 nitrogen and oxygen atoms in total. The number of aromatic nitrogens is 3. The molecule has 3 aliphatic rings. The van der Waals surface area contributed by atoms with E-state index in [-0.39, 0.29) is 18.5 Å². The second-order valence-electron chi connectivity index (χ2n) is 11.0. The smallest absolute Gasteiger partial charge is 0.272 e. The van der Waals surface area contributed by atoms with Crippen LogP contribution in [0.2, 0.25) is 0 Å². The van der Waals surface area contributed by atoms with E-state index in [1.165, 1.54) is 16.0 Å². The van der Waals surface area contributed by atoms with Gasteiger partial charge in [0.1, 0.15) is 23.5 Å². The highest BCUT2D eigenvalue weighted by atomic mass is 19.1. The van der Waals surface area contributed by atoms with Crippen LogP contribution in [0.5, 0.6) is 0 Å². The fourth-order valence-electron chi connectivity index (χ4n) is 5.77. The van der Waals surface area contributed by atoms with Crippen molar-refractivity contribution in [1.29, 1.82) is 0 Å². The number of likely N-dealkylation sites (tertiary alicyclic amines) is 1. The van der Waals surface area contributed by atoms with Crippen LogP contribution < -0.4 is 15.5 Å². The van der Waals surface area contributed by atoms with E-state index in [9.17, 15) is 9.18 Å². The van der Waals surface area contributed by atoms with Crippen LogP contribution in [-0.4, -0.2) is 89.2 Å². The van der Waals surface area contributed by atoms with Gasteiger partial charge in [-0.2, -0.15) is 9.97 Å². The normalized spacial score (nSPS) is 21.8. The SMILES string of the molecule is CC1Cc2ccc(-c3ccc(C(=O)N4CC[C@H](F)C4)nc3)cc2CN1c1cc(N2CCN(C)CC2)nc(N)n1. The lowest BCUT2D eigenvalue weighted by atomic mass is 9.92. The second kappa shape index (κ2) is 10.4. The topological polar surface area (TPSA) is 94.7 Å². The molecule has 2 atom stereocenters. The first-order chi connectivity index (χ1) is 18.8. The molecule has 1 unspecified atom stereocenters. The van der Waals surface area contributed by atoms with Crippen LogP contribution in [0.3, 0.4) is 0 Å². The van der Waals surface area contributed by atoms with Crippen LogP contribution in [0.1, 0.15) is 35.0 Å². The van der Waals surface area contributed by atoms with Crippen molar-refractivity contribution in [2.45, 2.75) is 38.5 Å². The number of carbonyl (C=O) groups is 1. The van der Waals surface area contributed by atoms with E-state index in [4.69, 9.17) is 5.73 Å². The third-order valence-electron chi connectivity index (χ3n) is 8.17. The first-order valence-electron chi connectivity index (χ1n) is 13.7. The Bertz CT molecular complexity index is 1360. The highest BCUT2D eigenvalue weighted by Crippen LogP contribution is 2.32. The van der Waals surface area contributed by atoms with Gasteiger partial charge in [-0.25, -0.2) is 4.39 Å². The molecule has 6 rings (SSSR count). The molecule has 39 heavy (non-hydrogen) atoms. The zero-order valence-electron chi connectivity index (χ0n) is 22.6. The van der Waals surface area contributed by atoms with Crippen LogP contribution in [0.15, 0.2) is 42.6 Å². The Morgan fingerprint density at radius 2 is 1.74 bits per heavy atom. The van der Waals surface area contributed by atoms with Gasteiger partial charge in [-0.1, -0.05) is 18.2 Å². The number of alkyl halides is 1.